The topological polar surface area (TPSA) is 69.7 Å². The van der Waals surface area contributed by atoms with Gasteiger partial charge in [-0.1, -0.05) is 30.0 Å². The smallest absolute Gasteiger partial charge is 0.266 e. The molecule has 1 fully saturated rings. The number of hydrogen-bond donors (Lipinski definition) is 0. The molecular weight excluding hydrogens is 322 g/mol. The molecule has 114 valence electrons. The Morgan fingerprint density at radius 2 is 2.36 bits per heavy atom. The number of ether oxygens (including phenoxy) is 1. The summed E-state index contributed by atoms with van der Waals surface area (Å²) in [5.41, 5.74) is 1.97. The van der Waals surface area contributed by atoms with Crippen molar-refractivity contribution >= 4 is 46.3 Å². The van der Waals surface area contributed by atoms with E-state index in [1.807, 2.05) is 25.1 Å². The van der Waals surface area contributed by atoms with Crippen LogP contribution in [0.1, 0.15) is 18.1 Å². The zero-order valence-corrected chi connectivity index (χ0v) is 13.3. The third-order valence-corrected chi connectivity index (χ3v) is 4.76. The summed E-state index contributed by atoms with van der Waals surface area (Å²) in [6.45, 7) is 1.49. The summed E-state index contributed by atoms with van der Waals surface area (Å²) < 4.78 is 5.87. The van der Waals surface area contributed by atoms with Gasteiger partial charge < -0.3 is 14.6 Å². The van der Waals surface area contributed by atoms with Crippen LogP contribution in [-0.2, 0) is 16.0 Å². The van der Waals surface area contributed by atoms with E-state index in [0.29, 0.717) is 4.91 Å². The Bertz CT molecular complexity index is 713. The first-order valence-corrected chi connectivity index (χ1v) is 7.91. The highest BCUT2D eigenvalue weighted by molar-refractivity contribution is 8.26. The average Bonchev–Trinajstić information content (AvgIpc) is 2.92. The normalized spacial score (nSPS) is 22.1. The van der Waals surface area contributed by atoms with E-state index in [-0.39, 0.29) is 10.4 Å². The molecule has 1 amide bonds. The van der Waals surface area contributed by atoms with E-state index < -0.39 is 18.4 Å². The standard InChI is InChI=1S/C15H13NO4S2/c1-8-4-10-5-9(2-3-11(10)20-8)6-12-14(19)16(7-13(17)18)15(21)22-12/h2-3,5-6,8H,4,7H2,1H3,(H,17,18)/p-1/b12-6-/t8-/m0/s1. The summed E-state index contributed by atoms with van der Waals surface area (Å²) in [4.78, 5) is 24.3. The van der Waals surface area contributed by atoms with Gasteiger partial charge in [-0.3, -0.25) is 9.69 Å². The minimum Gasteiger partial charge on any atom is -0.548 e. The monoisotopic (exact) mass is 334 g/mol. The molecule has 0 bridgehead atoms. The van der Waals surface area contributed by atoms with Gasteiger partial charge in [-0.2, -0.15) is 0 Å². The van der Waals surface area contributed by atoms with E-state index in [1.165, 1.54) is 0 Å². The van der Waals surface area contributed by atoms with Crippen LogP contribution in [0.25, 0.3) is 6.08 Å². The number of nitrogens with zero attached hydrogens (tertiary/aromatic N) is 1. The molecular formula is C15H12NO4S2-. The lowest BCUT2D eigenvalue weighted by atomic mass is 10.1. The summed E-state index contributed by atoms with van der Waals surface area (Å²) in [7, 11) is 0. The summed E-state index contributed by atoms with van der Waals surface area (Å²) in [6.07, 6.45) is 2.71. The fourth-order valence-corrected chi connectivity index (χ4v) is 3.70. The van der Waals surface area contributed by atoms with Crippen LogP contribution in [0.2, 0.25) is 0 Å². The molecule has 1 aromatic carbocycles. The highest BCUT2D eigenvalue weighted by atomic mass is 32.2. The number of amides is 1. The van der Waals surface area contributed by atoms with Crippen molar-refractivity contribution < 1.29 is 19.4 Å². The maximum atomic E-state index is 12.2. The van der Waals surface area contributed by atoms with Gasteiger partial charge in [0.2, 0.25) is 0 Å². The van der Waals surface area contributed by atoms with E-state index in [4.69, 9.17) is 17.0 Å². The molecule has 0 spiro atoms. The third kappa shape index (κ3) is 2.86. The van der Waals surface area contributed by atoms with E-state index in [0.717, 1.165) is 40.0 Å². The Morgan fingerprint density at radius 1 is 1.59 bits per heavy atom. The molecule has 5 nitrogen and oxygen atoms in total. The van der Waals surface area contributed by atoms with Crippen molar-refractivity contribution in [3.63, 3.8) is 0 Å². The minimum atomic E-state index is -1.33. The third-order valence-electron chi connectivity index (χ3n) is 3.38. The predicted octanol–water partition coefficient (Wildman–Crippen LogP) is 0.961. The lowest BCUT2D eigenvalue weighted by Gasteiger charge is -2.14. The number of carboxylic acids is 1. The maximum Gasteiger partial charge on any atom is 0.266 e. The highest BCUT2D eigenvalue weighted by Gasteiger charge is 2.32. The summed E-state index contributed by atoms with van der Waals surface area (Å²) in [5, 5.41) is 10.7. The van der Waals surface area contributed by atoms with Crippen molar-refractivity contribution in [2.75, 3.05) is 6.54 Å². The molecule has 22 heavy (non-hydrogen) atoms. The van der Waals surface area contributed by atoms with Crippen LogP contribution in [0.4, 0.5) is 0 Å². The zero-order valence-electron chi connectivity index (χ0n) is 11.7. The van der Waals surface area contributed by atoms with Gasteiger partial charge in [0.1, 0.15) is 16.2 Å². The molecule has 2 heterocycles. The van der Waals surface area contributed by atoms with Gasteiger partial charge in [0.25, 0.3) is 5.91 Å². The SMILES string of the molecule is C[C@H]1Cc2cc(/C=C3\SC(=S)N(CC(=O)[O-])C3=O)ccc2O1. The van der Waals surface area contributed by atoms with Crippen LogP contribution < -0.4 is 9.84 Å². The molecule has 7 heteroatoms. The lowest BCUT2D eigenvalue weighted by molar-refractivity contribution is -0.305. The maximum absolute atomic E-state index is 12.2. The highest BCUT2D eigenvalue weighted by Crippen LogP contribution is 2.34. The van der Waals surface area contributed by atoms with Crippen LogP contribution in [0.5, 0.6) is 5.75 Å². The second-order valence-electron chi connectivity index (χ2n) is 5.14. The van der Waals surface area contributed by atoms with E-state index >= 15 is 0 Å². The van der Waals surface area contributed by atoms with Crippen LogP contribution in [0.15, 0.2) is 23.1 Å². The Morgan fingerprint density at radius 3 is 3.09 bits per heavy atom. The Labute approximate surface area is 136 Å². The number of carbonyl (C=O) groups is 2. The van der Waals surface area contributed by atoms with Gasteiger partial charge >= 0.3 is 0 Å². The number of thioether (sulfide) groups is 1. The first-order chi connectivity index (χ1) is 10.4. The van der Waals surface area contributed by atoms with Gasteiger partial charge in [-0.25, -0.2) is 0 Å². The summed E-state index contributed by atoms with van der Waals surface area (Å²) in [5.74, 6) is -0.861. The number of aliphatic carboxylic acids is 1. The molecule has 1 aromatic rings. The number of fused-ring (bicyclic) bond motifs is 1. The van der Waals surface area contributed by atoms with E-state index in [9.17, 15) is 14.7 Å². The Balaban J connectivity index is 1.84. The van der Waals surface area contributed by atoms with Gasteiger partial charge in [0.05, 0.1) is 17.4 Å². The first-order valence-electron chi connectivity index (χ1n) is 6.69. The summed E-state index contributed by atoms with van der Waals surface area (Å²) in [6, 6.07) is 5.72. The van der Waals surface area contributed by atoms with Crippen LogP contribution in [-0.4, -0.2) is 33.7 Å². The number of benzene rings is 1. The number of carboxylic acid groups (broad SMARTS) is 1. The fraction of sp³-hybridized carbons (Fsp3) is 0.267. The van der Waals surface area contributed by atoms with Gasteiger partial charge in [0.15, 0.2) is 0 Å². The van der Waals surface area contributed by atoms with Gasteiger partial charge in [0, 0.05) is 6.42 Å². The minimum absolute atomic E-state index is 0.159. The zero-order chi connectivity index (χ0) is 15.9. The predicted molar refractivity (Wildman–Crippen MR) is 85.1 cm³/mol. The number of thiocarbonyl (C=S) groups is 1. The van der Waals surface area contributed by atoms with Crippen molar-refractivity contribution in [2.45, 2.75) is 19.4 Å². The molecule has 0 unspecified atom stereocenters. The van der Waals surface area contributed by atoms with Crippen molar-refractivity contribution in [1.82, 2.24) is 4.90 Å². The van der Waals surface area contributed by atoms with Gasteiger partial charge in [-0.15, -0.1) is 0 Å². The largest absolute Gasteiger partial charge is 0.548 e. The second kappa shape index (κ2) is 5.73. The van der Waals surface area contributed by atoms with Gasteiger partial charge in [-0.05, 0) is 36.3 Å². The molecule has 3 rings (SSSR count). The average molecular weight is 334 g/mol. The summed E-state index contributed by atoms with van der Waals surface area (Å²) >= 11 is 6.14. The van der Waals surface area contributed by atoms with Crippen molar-refractivity contribution in [3.8, 4) is 5.75 Å². The van der Waals surface area contributed by atoms with Crippen LogP contribution in [0, 0.1) is 0 Å². The fourth-order valence-electron chi connectivity index (χ4n) is 2.45. The van der Waals surface area contributed by atoms with Crippen LogP contribution in [0.3, 0.4) is 0 Å². The molecule has 1 saturated heterocycles. The molecule has 0 radical (unpaired) electrons. The van der Waals surface area contributed by atoms with Crippen LogP contribution >= 0.6 is 24.0 Å². The lowest BCUT2D eigenvalue weighted by Crippen LogP contribution is -2.40. The molecule has 0 saturated carbocycles. The molecule has 0 N–H and O–H groups in total. The van der Waals surface area contributed by atoms with Crippen molar-refractivity contribution in [3.05, 3.63) is 34.2 Å². The Hall–Kier alpha value is -1.86. The Kier molecular flexibility index (Phi) is 3.92. The molecule has 0 aromatic heterocycles. The van der Waals surface area contributed by atoms with E-state index in [2.05, 4.69) is 0 Å². The van der Waals surface area contributed by atoms with Crippen molar-refractivity contribution in [1.29, 1.82) is 0 Å². The molecule has 2 aliphatic rings. The number of carbonyl (C=O) groups excluding carboxylic acids is 2. The second-order valence-corrected chi connectivity index (χ2v) is 6.82. The molecule has 2 aliphatic heterocycles. The quantitative estimate of drug-likeness (QED) is 0.606. The number of hydrogen-bond acceptors (Lipinski definition) is 6. The number of rotatable bonds is 3. The molecule has 1 atom stereocenters. The van der Waals surface area contributed by atoms with E-state index in [1.54, 1.807) is 6.08 Å². The molecule has 0 aliphatic carbocycles. The van der Waals surface area contributed by atoms with Crippen molar-refractivity contribution in [2.24, 2.45) is 0 Å². The first kappa shape index (κ1) is 15.1.